The van der Waals surface area contributed by atoms with Gasteiger partial charge in [0.1, 0.15) is 5.78 Å². The number of rotatable bonds is 0. The molecule has 1 fully saturated rings. The number of carbonyl (C=O) groups is 1. The van der Waals surface area contributed by atoms with Crippen molar-refractivity contribution < 1.29 is 4.79 Å². The Bertz CT molecular complexity index is 356. The van der Waals surface area contributed by atoms with Crippen molar-refractivity contribution in [3.63, 3.8) is 0 Å². The van der Waals surface area contributed by atoms with Crippen LogP contribution in [0.4, 0.5) is 0 Å². The number of hydrogen-bond acceptors (Lipinski definition) is 1. The summed E-state index contributed by atoms with van der Waals surface area (Å²) in [6, 6.07) is 0. The summed E-state index contributed by atoms with van der Waals surface area (Å²) in [6.07, 6.45) is 5.45. The fraction of sp³-hybridized carbons (Fsp3) is 0.786. The SMILES string of the molecule is C[C@@H]1CC[C@H]2C(C)(C)C=C(Br)C[C@]2(C)C1=O. The zero-order valence-electron chi connectivity index (χ0n) is 10.6. The molecule has 0 spiro atoms. The van der Waals surface area contributed by atoms with Gasteiger partial charge in [0.05, 0.1) is 0 Å². The molecule has 0 aromatic heterocycles. The first-order chi connectivity index (χ1) is 7.27. The average molecular weight is 285 g/mol. The first kappa shape index (κ1) is 12.3. The highest BCUT2D eigenvalue weighted by Crippen LogP contribution is 2.56. The smallest absolute Gasteiger partial charge is 0.142 e. The van der Waals surface area contributed by atoms with E-state index in [1.54, 1.807) is 0 Å². The van der Waals surface area contributed by atoms with Crippen LogP contribution in [0, 0.1) is 22.7 Å². The van der Waals surface area contributed by atoms with E-state index in [1.807, 2.05) is 0 Å². The largest absolute Gasteiger partial charge is 0.299 e. The highest BCUT2D eigenvalue weighted by molar-refractivity contribution is 9.11. The molecule has 2 aliphatic rings. The van der Waals surface area contributed by atoms with Crippen molar-refractivity contribution in [3.8, 4) is 0 Å². The number of allylic oxidation sites excluding steroid dienone is 2. The molecule has 0 N–H and O–H groups in total. The van der Waals surface area contributed by atoms with E-state index in [4.69, 9.17) is 0 Å². The highest BCUT2D eigenvalue weighted by Gasteiger charge is 2.53. The predicted molar refractivity (Wildman–Crippen MR) is 70.4 cm³/mol. The fourth-order valence-electron chi connectivity index (χ4n) is 3.91. The molecular weight excluding hydrogens is 264 g/mol. The second kappa shape index (κ2) is 3.69. The maximum Gasteiger partial charge on any atom is 0.142 e. The minimum Gasteiger partial charge on any atom is -0.299 e. The average Bonchev–Trinajstić information content (AvgIpc) is 2.11. The van der Waals surface area contributed by atoms with E-state index in [0.29, 0.717) is 11.7 Å². The minimum absolute atomic E-state index is 0.141. The molecule has 0 bridgehead atoms. The Morgan fingerprint density at radius 2 is 1.94 bits per heavy atom. The summed E-state index contributed by atoms with van der Waals surface area (Å²) in [7, 11) is 0. The van der Waals surface area contributed by atoms with E-state index in [9.17, 15) is 4.79 Å². The molecule has 2 heteroatoms. The Hall–Kier alpha value is -0.110. The van der Waals surface area contributed by atoms with Crippen LogP contribution in [-0.4, -0.2) is 5.78 Å². The van der Waals surface area contributed by atoms with Crippen molar-refractivity contribution in [1.29, 1.82) is 0 Å². The van der Waals surface area contributed by atoms with E-state index in [0.717, 1.165) is 12.8 Å². The molecule has 90 valence electrons. The van der Waals surface area contributed by atoms with Gasteiger partial charge in [0.25, 0.3) is 0 Å². The van der Waals surface area contributed by atoms with Crippen molar-refractivity contribution in [2.24, 2.45) is 22.7 Å². The molecule has 0 aromatic rings. The molecule has 0 unspecified atom stereocenters. The number of Topliss-reactive ketones (excluding diaryl/α,β-unsaturated/α-hetero) is 1. The Morgan fingerprint density at radius 3 is 2.56 bits per heavy atom. The van der Waals surface area contributed by atoms with Crippen LogP contribution in [0.25, 0.3) is 0 Å². The van der Waals surface area contributed by atoms with Gasteiger partial charge < -0.3 is 0 Å². The molecule has 0 aliphatic heterocycles. The first-order valence-electron chi connectivity index (χ1n) is 6.19. The van der Waals surface area contributed by atoms with Gasteiger partial charge in [0.15, 0.2) is 0 Å². The third kappa shape index (κ3) is 1.70. The highest BCUT2D eigenvalue weighted by atomic mass is 79.9. The first-order valence-corrected chi connectivity index (χ1v) is 6.98. The van der Waals surface area contributed by atoms with Crippen molar-refractivity contribution in [3.05, 3.63) is 10.6 Å². The molecule has 16 heavy (non-hydrogen) atoms. The van der Waals surface area contributed by atoms with E-state index in [1.165, 1.54) is 10.9 Å². The molecule has 0 saturated heterocycles. The van der Waals surface area contributed by atoms with Crippen molar-refractivity contribution in [2.75, 3.05) is 0 Å². The molecule has 0 heterocycles. The van der Waals surface area contributed by atoms with E-state index in [2.05, 4.69) is 49.7 Å². The van der Waals surface area contributed by atoms with Crippen LogP contribution in [0.1, 0.15) is 47.0 Å². The van der Waals surface area contributed by atoms with Crippen LogP contribution in [0.2, 0.25) is 0 Å². The van der Waals surface area contributed by atoms with Crippen LogP contribution in [-0.2, 0) is 4.79 Å². The quantitative estimate of drug-likeness (QED) is 0.648. The zero-order valence-corrected chi connectivity index (χ0v) is 12.2. The molecule has 0 radical (unpaired) electrons. The summed E-state index contributed by atoms with van der Waals surface area (Å²) in [5.74, 6) is 1.22. The van der Waals surface area contributed by atoms with Gasteiger partial charge in [-0.05, 0) is 35.1 Å². The van der Waals surface area contributed by atoms with E-state index >= 15 is 0 Å². The van der Waals surface area contributed by atoms with Crippen molar-refractivity contribution >= 4 is 21.7 Å². The third-order valence-corrected chi connectivity index (χ3v) is 5.14. The number of halogens is 1. The normalized spacial score (nSPS) is 42.6. The van der Waals surface area contributed by atoms with Gasteiger partial charge in [-0.15, -0.1) is 0 Å². The lowest BCUT2D eigenvalue weighted by Crippen LogP contribution is -2.50. The Morgan fingerprint density at radius 1 is 1.31 bits per heavy atom. The van der Waals surface area contributed by atoms with Gasteiger partial charge in [-0.2, -0.15) is 0 Å². The summed E-state index contributed by atoms with van der Waals surface area (Å²) >= 11 is 3.62. The Balaban J connectivity index is 2.45. The number of ketones is 1. The molecular formula is C14H21BrO. The molecule has 2 rings (SSSR count). The number of hydrogen-bond donors (Lipinski definition) is 0. The monoisotopic (exact) mass is 284 g/mol. The summed E-state index contributed by atoms with van der Waals surface area (Å²) in [4.78, 5) is 12.5. The lowest BCUT2D eigenvalue weighted by molar-refractivity contribution is -0.142. The fourth-order valence-corrected chi connectivity index (χ4v) is 5.08. The van der Waals surface area contributed by atoms with Crippen LogP contribution in [0.5, 0.6) is 0 Å². The summed E-state index contributed by atoms with van der Waals surface area (Å²) in [5, 5.41) is 0. The van der Waals surface area contributed by atoms with Gasteiger partial charge in [-0.3, -0.25) is 4.79 Å². The van der Waals surface area contributed by atoms with Crippen molar-refractivity contribution in [2.45, 2.75) is 47.0 Å². The minimum atomic E-state index is -0.144. The maximum absolute atomic E-state index is 12.5. The van der Waals surface area contributed by atoms with E-state index in [-0.39, 0.29) is 16.7 Å². The maximum atomic E-state index is 12.5. The topological polar surface area (TPSA) is 17.1 Å². The zero-order chi connectivity index (χ0) is 12.1. The molecule has 0 amide bonds. The van der Waals surface area contributed by atoms with Crippen LogP contribution >= 0.6 is 15.9 Å². The molecule has 2 aliphatic carbocycles. The summed E-state index contributed by atoms with van der Waals surface area (Å²) < 4.78 is 1.21. The van der Waals surface area contributed by atoms with Crippen LogP contribution < -0.4 is 0 Å². The lowest BCUT2D eigenvalue weighted by Gasteiger charge is -2.52. The van der Waals surface area contributed by atoms with Crippen LogP contribution in [0.15, 0.2) is 10.6 Å². The number of carbonyl (C=O) groups excluding carboxylic acids is 1. The Labute approximate surface area is 107 Å². The van der Waals surface area contributed by atoms with Gasteiger partial charge in [0.2, 0.25) is 0 Å². The second-order valence-electron chi connectivity index (χ2n) is 6.40. The standard InChI is InChI=1S/C14H21BrO/c1-9-5-6-11-13(2,3)7-10(15)8-14(11,4)12(9)16/h7,9,11H,5-6,8H2,1-4H3/t9-,11+,14+/m1/s1. The van der Waals surface area contributed by atoms with E-state index < -0.39 is 0 Å². The number of fused-ring (bicyclic) bond motifs is 1. The van der Waals surface area contributed by atoms with Gasteiger partial charge in [0, 0.05) is 11.3 Å². The molecule has 3 atom stereocenters. The predicted octanol–water partition coefficient (Wildman–Crippen LogP) is 4.32. The van der Waals surface area contributed by atoms with Gasteiger partial charge in [-0.1, -0.05) is 49.7 Å². The van der Waals surface area contributed by atoms with Gasteiger partial charge in [-0.25, -0.2) is 0 Å². The third-order valence-electron chi connectivity index (χ3n) is 4.63. The summed E-state index contributed by atoms with van der Waals surface area (Å²) in [6.45, 7) is 8.79. The van der Waals surface area contributed by atoms with Crippen molar-refractivity contribution in [1.82, 2.24) is 0 Å². The second-order valence-corrected chi connectivity index (χ2v) is 7.42. The molecule has 1 saturated carbocycles. The van der Waals surface area contributed by atoms with Gasteiger partial charge >= 0.3 is 0 Å². The molecule has 1 nitrogen and oxygen atoms in total. The lowest BCUT2D eigenvalue weighted by atomic mass is 9.52. The Kier molecular flexibility index (Phi) is 2.85. The summed E-state index contributed by atoms with van der Waals surface area (Å²) in [5.41, 5.74) is -0.00359. The molecule has 0 aromatic carbocycles. The van der Waals surface area contributed by atoms with Crippen LogP contribution in [0.3, 0.4) is 0 Å².